The Labute approximate surface area is 247 Å². The number of fused-ring (bicyclic) bond motifs is 2. The fourth-order valence-corrected chi connectivity index (χ4v) is 5.71. The van der Waals surface area contributed by atoms with Gasteiger partial charge in [-0.05, 0) is 91.2 Å². The summed E-state index contributed by atoms with van der Waals surface area (Å²) in [7, 11) is -4.33. The van der Waals surface area contributed by atoms with E-state index in [1.54, 1.807) is 43.3 Å². The predicted octanol–water partition coefficient (Wildman–Crippen LogP) is 7.74. The maximum atomic E-state index is 12.2. The first-order chi connectivity index (χ1) is 20.6. The molecule has 4 aromatic rings. The molecule has 0 saturated carbocycles. The van der Waals surface area contributed by atoms with Crippen molar-refractivity contribution in [2.24, 2.45) is 4.99 Å². The smallest absolute Gasteiger partial charge is 0.336 e. The number of hydrogen-bond donors (Lipinski definition) is 3. The number of aryl methyl sites for hydroxylation is 2. The molecule has 4 aromatic carbocycles. The van der Waals surface area contributed by atoms with Crippen molar-refractivity contribution in [3.8, 4) is 22.5 Å². The summed E-state index contributed by atoms with van der Waals surface area (Å²) in [5, 5.41) is 14.7. The van der Waals surface area contributed by atoms with Gasteiger partial charge in [0.15, 0.2) is 0 Å². The molecule has 0 amide bonds. The molecule has 0 fully saturated rings. The minimum absolute atomic E-state index is 0.168. The Hall–Kier alpha value is -5.25. The first-order valence-electron chi connectivity index (χ1n) is 13.4. The highest BCUT2D eigenvalue weighted by molar-refractivity contribution is 7.85. The van der Waals surface area contributed by atoms with Crippen LogP contribution in [0.4, 0.5) is 17.1 Å². The lowest BCUT2D eigenvalue weighted by molar-refractivity contribution is 0.0697. The molecule has 2 aliphatic rings. The number of carboxylic acid groups (broad SMARTS) is 1. The van der Waals surface area contributed by atoms with Crippen molar-refractivity contribution in [3.63, 3.8) is 0 Å². The number of rotatable bonds is 6. The minimum Gasteiger partial charge on any atom is -0.478 e. The monoisotopic (exact) mass is 590 g/mol. The summed E-state index contributed by atoms with van der Waals surface area (Å²) in [5.41, 5.74) is 6.63. The highest BCUT2D eigenvalue weighted by Gasteiger charge is 2.21. The summed E-state index contributed by atoms with van der Waals surface area (Å²) in [6.45, 7) is 3.72. The topological polar surface area (TPSA) is 129 Å². The molecule has 0 spiro atoms. The summed E-state index contributed by atoms with van der Waals surface area (Å²) in [6, 6.07) is 30.2. The average molecular weight is 591 g/mol. The van der Waals surface area contributed by atoms with Gasteiger partial charge in [0, 0.05) is 40.0 Å². The Balaban J connectivity index is 1.57. The summed E-state index contributed by atoms with van der Waals surface area (Å²) in [6.07, 6.45) is 0. The predicted molar refractivity (Wildman–Crippen MR) is 166 cm³/mol. The minimum atomic E-state index is -4.33. The van der Waals surface area contributed by atoms with E-state index >= 15 is 0 Å². The van der Waals surface area contributed by atoms with Gasteiger partial charge in [0.2, 0.25) is 0 Å². The number of nitrogens with zero attached hydrogens (tertiary/aromatic N) is 1. The molecule has 0 aromatic heterocycles. The Bertz CT molecular complexity index is 2200. The molecule has 214 valence electrons. The lowest BCUT2D eigenvalue weighted by Gasteiger charge is -2.17. The van der Waals surface area contributed by atoms with Crippen LogP contribution in [0.5, 0.6) is 0 Å². The van der Waals surface area contributed by atoms with Crippen LogP contribution in [-0.4, -0.2) is 24.0 Å². The normalized spacial score (nSPS) is 12.1. The zero-order valence-corrected chi connectivity index (χ0v) is 24.0. The van der Waals surface area contributed by atoms with Gasteiger partial charge < -0.3 is 14.8 Å². The number of benzene rings is 5. The van der Waals surface area contributed by atoms with Gasteiger partial charge in [-0.2, -0.15) is 8.42 Å². The van der Waals surface area contributed by atoms with Crippen molar-refractivity contribution in [1.29, 1.82) is 0 Å². The molecule has 3 N–H and O–H groups in total. The summed E-state index contributed by atoms with van der Waals surface area (Å²) in [5.74, 6) is -0.547. The summed E-state index contributed by atoms with van der Waals surface area (Å²) in [4.78, 5) is 16.7. The maximum absolute atomic E-state index is 12.2. The van der Waals surface area contributed by atoms with Gasteiger partial charge in [-0.3, -0.25) is 4.55 Å². The number of hydrogen-bond acceptors (Lipinski definition) is 6. The number of aromatic carboxylic acids is 1. The third-order valence-corrected chi connectivity index (χ3v) is 8.00. The molecule has 1 heterocycles. The second-order valence-electron chi connectivity index (χ2n) is 10.2. The van der Waals surface area contributed by atoms with Crippen LogP contribution in [0, 0.1) is 13.8 Å². The van der Waals surface area contributed by atoms with Gasteiger partial charge in [0.25, 0.3) is 10.1 Å². The maximum Gasteiger partial charge on any atom is 0.336 e. The van der Waals surface area contributed by atoms with E-state index in [1.807, 2.05) is 55.5 Å². The third-order valence-electron chi connectivity index (χ3n) is 7.15. The largest absolute Gasteiger partial charge is 0.478 e. The van der Waals surface area contributed by atoms with Gasteiger partial charge in [-0.25, -0.2) is 9.79 Å². The van der Waals surface area contributed by atoms with Crippen LogP contribution in [-0.2, 0) is 10.1 Å². The molecule has 0 saturated heterocycles. The molecular formula is C34H26N2O6S. The van der Waals surface area contributed by atoms with E-state index in [1.165, 1.54) is 18.2 Å². The van der Waals surface area contributed by atoms with E-state index in [4.69, 9.17) is 4.42 Å². The molecular weight excluding hydrogens is 564 g/mol. The number of carbonyl (C=O) groups is 1. The highest BCUT2D eigenvalue weighted by atomic mass is 32.2. The molecule has 0 atom stereocenters. The highest BCUT2D eigenvalue weighted by Crippen LogP contribution is 2.42. The Kier molecular flexibility index (Phi) is 7.05. The lowest BCUT2D eigenvalue weighted by atomic mass is 9.90. The van der Waals surface area contributed by atoms with Crippen molar-refractivity contribution in [3.05, 3.63) is 125 Å². The fraction of sp³-hybridized carbons (Fsp3) is 0.0588. The van der Waals surface area contributed by atoms with Crippen LogP contribution in [0.15, 0.2) is 117 Å². The molecule has 0 unspecified atom stereocenters. The van der Waals surface area contributed by atoms with Crippen molar-refractivity contribution >= 4 is 44.1 Å². The Morgan fingerprint density at radius 1 is 0.814 bits per heavy atom. The number of nitrogens with one attached hydrogen (secondary N) is 1. The van der Waals surface area contributed by atoms with Crippen molar-refractivity contribution < 1.29 is 27.3 Å². The molecule has 43 heavy (non-hydrogen) atoms. The van der Waals surface area contributed by atoms with Crippen molar-refractivity contribution in [2.45, 2.75) is 18.7 Å². The van der Waals surface area contributed by atoms with Gasteiger partial charge in [-0.15, -0.1) is 0 Å². The molecule has 6 rings (SSSR count). The van der Waals surface area contributed by atoms with Gasteiger partial charge in [0.1, 0.15) is 11.3 Å². The van der Waals surface area contributed by atoms with Crippen LogP contribution in [0.25, 0.3) is 33.4 Å². The fourth-order valence-electron chi connectivity index (χ4n) is 5.15. The Morgan fingerprint density at radius 3 is 2.35 bits per heavy atom. The number of carboxylic acids is 1. The molecule has 1 aliphatic carbocycles. The van der Waals surface area contributed by atoms with E-state index in [0.717, 1.165) is 27.9 Å². The summed E-state index contributed by atoms with van der Waals surface area (Å²) >= 11 is 0. The molecule has 1 aliphatic heterocycles. The van der Waals surface area contributed by atoms with E-state index in [2.05, 4.69) is 10.3 Å². The van der Waals surface area contributed by atoms with Crippen molar-refractivity contribution in [2.75, 3.05) is 5.32 Å². The van der Waals surface area contributed by atoms with Gasteiger partial charge >= 0.3 is 5.97 Å². The van der Waals surface area contributed by atoms with Gasteiger partial charge in [0.05, 0.1) is 21.5 Å². The van der Waals surface area contributed by atoms with Crippen LogP contribution >= 0.6 is 0 Å². The molecule has 8 nitrogen and oxygen atoms in total. The van der Waals surface area contributed by atoms with E-state index in [9.17, 15) is 22.9 Å². The summed E-state index contributed by atoms with van der Waals surface area (Å²) < 4.78 is 38.9. The SMILES string of the molecule is Cc1cccc(Nc2ccc3c(-c4ccccc4C(=O)O)c4ccc(=Nc5ccc(S(=O)(=O)O)cc5C)cc-4oc3c2)c1. The van der Waals surface area contributed by atoms with Crippen LogP contribution in [0.2, 0.25) is 0 Å². The second kappa shape index (κ2) is 10.9. The third kappa shape index (κ3) is 5.63. The lowest BCUT2D eigenvalue weighted by Crippen LogP contribution is -2.05. The van der Waals surface area contributed by atoms with Crippen LogP contribution in [0.3, 0.4) is 0 Å². The zero-order chi connectivity index (χ0) is 30.3. The zero-order valence-electron chi connectivity index (χ0n) is 23.2. The molecule has 0 radical (unpaired) electrons. The first-order valence-corrected chi connectivity index (χ1v) is 14.8. The first kappa shape index (κ1) is 27.9. The van der Waals surface area contributed by atoms with Crippen molar-refractivity contribution in [1.82, 2.24) is 0 Å². The van der Waals surface area contributed by atoms with Crippen LogP contribution < -0.4 is 10.7 Å². The van der Waals surface area contributed by atoms with E-state index in [0.29, 0.717) is 39.1 Å². The number of anilines is 2. The quantitative estimate of drug-likeness (QED) is 0.134. The van der Waals surface area contributed by atoms with E-state index < -0.39 is 16.1 Å². The van der Waals surface area contributed by atoms with Gasteiger partial charge in [-0.1, -0.05) is 30.3 Å². The second-order valence-corrected chi connectivity index (χ2v) is 11.7. The standard InChI is InChI=1S/C34H26N2O6S/c1-20-6-5-7-22(16-20)35-23-10-13-28-31(18-23)42-32-19-24(36-30-15-12-25(17-21(30)2)43(39,40)41)11-14-29(32)33(28)26-8-3-4-9-27(26)34(37)38/h3-19,35H,1-2H3,(H,37,38)(H,39,40,41). The van der Waals surface area contributed by atoms with E-state index in [-0.39, 0.29) is 10.5 Å². The van der Waals surface area contributed by atoms with Crippen LogP contribution in [0.1, 0.15) is 21.5 Å². The molecule has 0 bridgehead atoms. The molecule has 9 heteroatoms. The average Bonchev–Trinajstić information content (AvgIpc) is 2.96. The Morgan fingerprint density at radius 2 is 1.60 bits per heavy atom.